The highest BCUT2D eigenvalue weighted by molar-refractivity contribution is 6.03. The van der Waals surface area contributed by atoms with Crippen LogP contribution in [0.2, 0.25) is 0 Å². The molecule has 2 rings (SSSR count). The van der Waals surface area contributed by atoms with E-state index in [0.29, 0.717) is 36.8 Å². The number of ether oxygens (including phenoxy) is 2. The number of carbonyl (C=O) groups excluding carboxylic acids is 2. The zero-order valence-electron chi connectivity index (χ0n) is 14.1. The molecule has 1 amide bonds. The fourth-order valence-corrected chi connectivity index (χ4v) is 1.92. The van der Waals surface area contributed by atoms with Crippen molar-refractivity contribution < 1.29 is 19.1 Å². The zero-order chi connectivity index (χ0) is 18.1. The van der Waals surface area contributed by atoms with Gasteiger partial charge in [-0.25, -0.2) is 14.8 Å². The molecular formula is C17H20N4O4. The van der Waals surface area contributed by atoms with Gasteiger partial charge in [0, 0.05) is 19.3 Å². The van der Waals surface area contributed by atoms with E-state index in [4.69, 9.17) is 9.47 Å². The first-order valence-electron chi connectivity index (χ1n) is 7.77. The number of aromatic nitrogens is 2. The average Bonchev–Trinajstić information content (AvgIpc) is 2.63. The second-order valence-corrected chi connectivity index (χ2v) is 4.96. The van der Waals surface area contributed by atoms with Crippen molar-refractivity contribution in [1.82, 2.24) is 9.97 Å². The van der Waals surface area contributed by atoms with E-state index in [2.05, 4.69) is 20.6 Å². The number of anilines is 2. The van der Waals surface area contributed by atoms with Gasteiger partial charge in [-0.1, -0.05) is 0 Å². The molecule has 0 aliphatic heterocycles. The van der Waals surface area contributed by atoms with Gasteiger partial charge in [0.15, 0.2) is 0 Å². The van der Waals surface area contributed by atoms with Gasteiger partial charge in [-0.15, -0.1) is 0 Å². The molecule has 25 heavy (non-hydrogen) atoms. The minimum absolute atomic E-state index is 0.187. The van der Waals surface area contributed by atoms with Crippen molar-refractivity contribution >= 4 is 23.4 Å². The SMILES string of the molecule is CCOC(=O)c1ccc(NC(=O)c2cnc(NCCOC)cn2)cc1. The van der Waals surface area contributed by atoms with Crippen LogP contribution in [0.15, 0.2) is 36.7 Å². The lowest BCUT2D eigenvalue weighted by atomic mass is 10.2. The summed E-state index contributed by atoms with van der Waals surface area (Å²) in [5, 5.41) is 5.71. The van der Waals surface area contributed by atoms with E-state index in [-0.39, 0.29) is 11.6 Å². The maximum Gasteiger partial charge on any atom is 0.338 e. The summed E-state index contributed by atoms with van der Waals surface area (Å²) in [6.07, 6.45) is 2.87. The van der Waals surface area contributed by atoms with E-state index in [0.717, 1.165) is 0 Å². The van der Waals surface area contributed by atoms with E-state index in [1.54, 1.807) is 38.3 Å². The molecule has 132 valence electrons. The van der Waals surface area contributed by atoms with E-state index in [1.165, 1.54) is 12.4 Å². The quantitative estimate of drug-likeness (QED) is 0.557. The molecule has 1 aromatic heterocycles. The second-order valence-electron chi connectivity index (χ2n) is 4.96. The van der Waals surface area contributed by atoms with Crippen LogP contribution in [0.4, 0.5) is 11.5 Å². The molecule has 0 unspecified atom stereocenters. The number of methoxy groups -OCH3 is 1. The van der Waals surface area contributed by atoms with Crippen LogP contribution in [0.25, 0.3) is 0 Å². The summed E-state index contributed by atoms with van der Waals surface area (Å²) in [5.74, 6) is -0.227. The summed E-state index contributed by atoms with van der Waals surface area (Å²) in [7, 11) is 1.61. The fourth-order valence-electron chi connectivity index (χ4n) is 1.92. The second kappa shape index (κ2) is 9.33. The Labute approximate surface area is 145 Å². The molecule has 2 aromatic rings. The Morgan fingerprint density at radius 2 is 1.88 bits per heavy atom. The number of nitrogens with one attached hydrogen (secondary N) is 2. The van der Waals surface area contributed by atoms with Crippen LogP contribution in [0, 0.1) is 0 Å². The van der Waals surface area contributed by atoms with Crippen LogP contribution in [-0.2, 0) is 9.47 Å². The predicted octanol–water partition coefficient (Wildman–Crippen LogP) is 1.96. The highest BCUT2D eigenvalue weighted by Gasteiger charge is 2.10. The summed E-state index contributed by atoms with van der Waals surface area (Å²) in [5.41, 5.74) is 1.15. The Balaban J connectivity index is 1.93. The predicted molar refractivity (Wildman–Crippen MR) is 92.7 cm³/mol. The molecule has 0 fully saturated rings. The molecule has 8 nitrogen and oxygen atoms in total. The largest absolute Gasteiger partial charge is 0.462 e. The lowest BCUT2D eigenvalue weighted by Gasteiger charge is -2.07. The molecule has 0 aliphatic rings. The first kappa shape index (κ1) is 18.3. The highest BCUT2D eigenvalue weighted by atomic mass is 16.5. The number of rotatable bonds is 8. The monoisotopic (exact) mass is 344 g/mol. The molecule has 0 saturated heterocycles. The van der Waals surface area contributed by atoms with Crippen molar-refractivity contribution in [1.29, 1.82) is 0 Å². The molecule has 0 atom stereocenters. The van der Waals surface area contributed by atoms with Crippen LogP contribution in [0.3, 0.4) is 0 Å². The summed E-state index contributed by atoms with van der Waals surface area (Å²) in [6, 6.07) is 6.42. The van der Waals surface area contributed by atoms with E-state index in [1.807, 2.05) is 0 Å². The van der Waals surface area contributed by atoms with Crippen molar-refractivity contribution in [3.8, 4) is 0 Å². The number of nitrogens with zero attached hydrogens (tertiary/aromatic N) is 2. The third-order valence-corrected chi connectivity index (χ3v) is 3.15. The summed E-state index contributed by atoms with van der Waals surface area (Å²) in [6.45, 7) is 3.20. The van der Waals surface area contributed by atoms with Crippen molar-refractivity contribution in [2.75, 3.05) is 37.5 Å². The minimum atomic E-state index is -0.400. The van der Waals surface area contributed by atoms with Gasteiger partial charge in [-0.05, 0) is 31.2 Å². The molecule has 1 aromatic carbocycles. The Kier molecular flexibility index (Phi) is 6.85. The van der Waals surface area contributed by atoms with Crippen LogP contribution in [0.5, 0.6) is 0 Å². The minimum Gasteiger partial charge on any atom is -0.462 e. The Hall–Kier alpha value is -3.00. The molecule has 0 bridgehead atoms. The van der Waals surface area contributed by atoms with E-state index < -0.39 is 5.97 Å². The van der Waals surface area contributed by atoms with Crippen LogP contribution in [-0.4, -0.2) is 48.7 Å². The number of esters is 1. The third kappa shape index (κ3) is 5.54. The van der Waals surface area contributed by atoms with Gasteiger partial charge in [0.2, 0.25) is 0 Å². The zero-order valence-corrected chi connectivity index (χ0v) is 14.1. The maximum absolute atomic E-state index is 12.2. The molecular weight excluding hydrogens is 324 g/mol. The topological polar surface area (TPSA) is 102 Å². The average molecular weight is 344 g/mol. The summed E-state index contributed by atoms with van der Waals surface area (Å²) < 4.78 is 9.83. The Bertz CT molecular complexity index is 702. The molecule has 8 heteroatoms. The number of carbonyl (C=O) groups is 2. The fraction of sp³-hybridized carbons (Fsp3) is 0.294. The lowest BCUT2D eigenvalue weighted by molar-refractivity contribution is 0.0526. The Morgan fingerprint density at radius 3 is 2.48 bits per heavy atom. The molecule has 0 saturated carbocycles. The highest BCUT2D eigenvalue weighted by Crippen LogP contribution is 2.12. The number of benzene rings is 1. The molecule has 2 N–H and O–H groups in total. The number of hydrogen-bond acceptors (Lipinski definition) is 7. The van der Waals surface area contributed by atoms with Gasteiger partial charge in [-0.2, -0.15) is 0 Å². The van der Waals surface area contributed by atoms with Crippen molar-refractivity contribution in [3.63, 3.8) is 0 Å². The summed E-state index contributed by atoms with van der Waals surface area (Å²) in [4.78, 5) is 31.9. The first-order valence-corrected chi connectivity index (χ1v) is 7.77. The standard InChI is InChI=1S/C17H20N4O4/c1-3-25-17(23)12-4-6-13(7-5-12)21-16(22)14-10-20-15(11-19-14)18-8-9-24-2/h4-7,10-11H,3,8-9H2,1-2H3,(H,18,20)(H,21,22). The van der Waals surface area contributed by atoms with E-state index >= 15 is 0 Å². The smallest absolute Gasteiger partial charge is 0.338 e. The molecule has 0 radical (unpaired) electrons. The van der Waals surface area contributed by atoms with Gasteiger partial charge in [-0.3, -0.25) is 4.79 Å². The molecule has 0 aliphatic carbocycles. The van der Waals surface area contributed by atoms with Crippen LogP contribution in [0.1, 0.15) is 27.8 Å². The van der Waals surface area contributed by atoms with Crippen molar-refractivity contribution in [2.45, 2.75) is 6.92 Å². The molecule has 0 spiro atoms. The van der Waals surface area contributed by atoms with Crippen LogP contribution >= 0.6 is 0 Å². The van der Waals surface area contributed by atoms with Crippen molar-refractivity contribution in [3.05, 3.63) is 47.9 Å². The normalized spacial score (nSPS) is 10.2. The van der Waals surface area contributed by atoms with Crippen molar-refractivity contribution in [2.24, 2.45) is 0 Å². The van der Waals surface area contributed by atoms with Gasteiger partial charge in [0.05, 0.1) is 31.2 Å². The first-order chi connectivity index (χ1) is 12.1. The van der Waals surface area contributed by atoms with Gasteiger partial charge < -0.3 is 20.1 Å². The van der Waals surface area contributed by atoms with E-state index in [9.17, 15) is 9.59 Å². The maximum atomic E-state index is 12.2. The Morgan fingerprint density at radius 1 is 1.12 bits per heavy atom. The van der Waals surface area contributed by atoms with Gasteiger partial charge in [0.1, 0.15) is 11.5 Å². The summed E-state index contributed by atoms with van der Waals surface area (Å²) >= 11 is 0. The number of amides is 1. The third-order valence-electron chi connectivity index (χ3n) is 3.15. The van der Waals surface area contributed by atoms with Gasteiger partial charge >= 0.3 is 5.97 Å². The molecule has 1 heterocycles. The lowest BCUT2D eigenvalue weighted by Crippen LogP contribution is -2.15. The van der Waals surface area contributed by atoms with Gasteiger partial charge in [0.25, 0.3) is 5.91 Å². The number of hydrogen-bond donors (Lipinski definition) is 2. The van der Waals surface area contributed by atoms with Crippen LogP contribution < -0.4 is 10.6 Å².